The van der Waals surface area contributed by atoms with E-state index in [4.69, 9.17) is 9.47 Å². The lowest BCUT2D eigenvalue weighted by Gasteiger charge is -2.13. The molecule has 0 aromatic heterocycles. The van der Waals surface area contributed by atoms with Gasteiger partial charge in [-0.2, -0.15) is 0 Å². The van der Waals surface area contributed by atoms with Crippen molar-refractivity contribution >= 4 is 15.9 Å². The van der Waals surface area contributed by atoms with Crippen LogP contribution in [0.15, 0.2) is 29.3 Å². The highest BCUT2D eigenvalue weighted by Gasteiger charge is 2.14. The van der Waals surface area contributed by atoms with Crippen LogP contribution in [0.25, 0.3) is 0 Å². The van der Waals surface area contributed by atoms with Crippen molar-refractivity contribution in [3.05, 3.63) is 34.8 Å². The summed E-state index contributed by atoms with van der Waals surface area (Å²) in [5.41, 5.74) is 0.668. The first-order valence-electron chi connectivity index (χ1n) is 4.36. The zero-order chi connectivity index (χ0) is 11.4. The van der Waals surface area contributed by atoms with Gasteiger partial charge in [0.1, 0.15) is 11.5 Å². The van der Waals surface area contributed by atoms with Gasteiger partial charge >= 0.3 is 0 Å². The average Bonchev–Trinajstić information content (AvgIpc) is 2.28. The number of aliphatic hydroxyl groups excluding tert-OH is 1. The Morgan fingerprint density at radius 3 is 2.53 bits per heavy atom. The minimum Gasteiger partial charge on any atom is -0.497 e. The number of rotatable bonds is 4. The van der Waals surface area contributed by atoms with E-state index < -0.39 is 6.10 Å². The molecular weight excluding hydrogens is 260 g/mol. The maximum absolute atomic E-state index is 9.69. The van der Waals surface area contributed by atoms with Crippen molar-refractivity contribution in [2.75, 3.05) is 14.2 Å². The molecule has 0 aliphatic rings. The Morgan fingerprint density at radius 1 is 1.40 bits per heavy atom. The normalized spacial score (nSPS) is 12.0. The molecule has 0 bridgehead atoms. The van der Waals surface area contributed by atoms with Crippen molar-refractivity contribution in [2.24, 2.45) is 0 Å². The molecule has 1 rings (SSSR count). The fourth-order valence-corrected chi connectivity index (χ4v) is 1.83. The Balaban J connectivity index is 3.29. The summed E-state index contributed by atoms with van der Waals surface area (Å²) in [5.74, 6) is 1.25. The second-order valence-corrected chi connectivity index (χ2v) is 3.71. The lowest BCUT2D eigenvalue weighted by Crippen LogP contribution is -1.98. The van der Waals surface area contributed by atoms with Crippen molar-refractivity contribution in [3.8, 4) is 11.5 Å². The number of benzene rings is 1. The van der Waals surface area contributed by atoms with Gasteiger partial charge in [-0.25, -0.2) is 0 Å². The van der Waals surface area contributed by atoms with E-state index in [9.17, 15) is 5.11 Å². The molecule has 0 aliphatic heterocycles. The highest BCUT2D eigenvalue weighted by atomic mass is 79.9. The number of ether oxygens (including phenoxy) is 2. The molecule has 0 saturated carbocycles. The number of hydrogen-bond donors (Lipinski definition) is 1. The van der Waals surface area contributed by atoms with Crippen molar-refractivity contribution in [1.82, 2.24) is 0 Å². The summed E-state index contributed by atoms with van der Waals surface area (Å²) in [4.78, 5) is 0. The van der Waals surface area contributed by atoms with Gasteiger partial charge in [0.25, 0.3) is 0 Å². The molecule has 1 unspecified atom stereocenters. The zero-order valence-electron chi connectivity index (χ0n) is 8.66. The smallest absolute Gasteiger partial charge is 0.137 e. The third-order valence-electron chi connectivity index (χ3n) is 2.04. The molecule has 82 valence electrons. The van der Waals surface area contributed by atoms with Crippen molar-refractivity contribution in [2.45, 2.75) is 6.10 Å². The number of halogens is 1. The molecule has 1 aromatic carbocycles. The van der Waals surface area contributed by atoms with E-state index in [2.05, 4.69) is 22.5 Å². The van der Waals surface area contributed by atoms with Gasteiger partial charge in [-0.1, -0.05) is 6.08 Å². The van der Waals surface area contributed by atoms with Crippen LogP contribution in [0.2, 0.25) is 0 Å². The van der Waals surface area contributed by atoms with Gasteiger partial charge in [-0.3, -0.25) is 0 Å². The second-order valence-electron chi connectivity index (χ2n) is 2.91. The SMILES string of the molecule is C=CC(O)c1cc(OC)cc(OC)c1Br. The quantitative estimate of drug-likeness (QED) is 0.857. The summed E-state index contributed by atoms with van der Waals surface area (Å²) in [6.07, 6.45) is 0.697. The first-order chi connectivity index (χ1) is 7.13. The molecule has 4 heteroatoms. The van der Waals surface area contributed by atoms with Crippen LogP contribution in [0.3, 0.4) is 0 Å². The van der Waals surface area contributed by atoms with E-state index in [0.717, 1.165) is 0 Å². The van der Waals surface area contributed by atoms with E-state index in [1.165, 1.54) is 6.08 Å². The third kappa shape index (κ3) is 2.52. The van der Waals surface area contributed by atoms with Crippen LogP contribution >= 0.6 is 15.9 Å². The highest BCUT2D eigenvalue weighted by Crippen LogP contribution is 2.36. The molecular formula is C11H13BrO3. The van der Waals surface area contributed by atoms with Crippen molar-refractivity contribution in [1.29, 1.82) is 0 Å². The molecule has 1 N–H and O–H groups in total. The Labute approximate surface area is 97.5 Å². The molecule has 1 atom stereocenters. The molecule has 0 saturated heterocycles. The molecule has 1 aromatic rings. The van der Waals surface area contributed by atoms with E-state index in [1.807, 2.05) is 0 Å². The van der Waals surface area contributed by atoms with Crippen LogP contribution in [0.5, 0.6) is 11.5 Å². The van der Waals surface area contributed by atoms with Crippen LogP contribution in [0.4, 0.5) is 0 Å². The minimum absolute atomic E-state index is 0.616. The molecule has 0 radical (unpaired) electrons. The van der Waals surface area contributed by atoms with Gasteiger partial charge in [0, 0.05) is 11.6 Å². The van der Waals surface area contributed by atoms with Crippen LogP contribution in [-0.4, -0.2) is 19.3 Å². The molecule has 3 nitrogen and oxygen atoms in total. The first kappa shape index (κ1) is 12.1. The van der Waals surface area contributed by atoms with Crippen molar-refractivity contribution < 1.29 is 14.6 Å². The monoisotopic (exact) mass is 272 g/mol. The average molecular weight is 273 g/mol. The molecule has 15 heavy (non-hydrogen) atoms. The second kappa shape index (κ2) is 5.19. The van der Waals surface area contributed by atoms with Crippen LogP contribution < -0.4 is 9.47 Å². The van der Waals surface area contributed by atoms with Crippen LogP contribution in [-0.2, 0) is 0 Å². The Kier molecular flexibility index (Phi) is 4.17. The standard InChI is InChI=1S/C11H13BrO3/c1-4-9(13)8-5-7(14-2)6-10(15-3)11(8)12/h4-6,9,13H,1H2,2-3H3. The summed E-state index contributed by atoms with van der Waals surface area (Å²) in [6, 6.07) is 3.47. The summed E-state index contributed by atoms with van der Waals surface area (Å²) in [5, 5.41) is 9.69. The number of hydrogen-bond acceptors (Lipinski definition) is 3. The Morgan fingerprint density at radius 2 is 2.07 bits per heavy atom. The molecule has 0 spiro atoms. The summed E-state index contributed by atoms with van der Waals surface area (Å²) >= 11 is 3.36. The maximum Gasteiger partial charge on any atom is 0.137 e. The van der Waals surface area contributed by atoms with Gasteiger partial charge in [-0.15, -0.1) is 6.58 Å². The largest absolute Gasteiger partial charge is 0.497 e. The lowest BCUT2D eigenvalue weighted by molar-refractivity contribution is 0.227. The highest BCUT2D eigenvalue weighted by molar-refractivity contribution is 9.10. The fourth-order valence-electron chi connectivity index (χ4n) is 1.20. The maximum atomic E-state index is 9.69. The van der Waals surface area contributed by atoms with Gasteiger partial charge in [0.15, 0.2) is 0 Å². The zero-order valence-corrected chi connectivity index (χ0v) is 10.2. The Hall–Kier alpha value is -1.00. The number of aliphatic hydroxyl groups is 1. The van der Waals surface area contributed by atoms with E-state index >= 15 is 0 Å². The van der Waals surface area contributed by atoms with Gasteiger partial charge < -0.3 is 14.6 Å². The van der Waals surface area contributed by atoms with Crippen LogP contribution in [0, 0.1) is 0 Å². The fraction of sp³-hybridized carbons (Fsp3) is 0.273. The van der Waals surface area contributed by atoms with Gasteiger partial charge in [0.05, 0.1) is 24.8 Å². The van der Waals surface area contributed by atoms with E-state index in [0.29, 0.717) is 21.5 Å². The first-order valence-corrected chi connectivity index (χ1v) is 5.15. The molecule has 0 aliphatic carbocycles. The van der Waals surface area contributed by atoms with Gasteiger partial charge in [-0.05, 0) is 22.0 Å². The minimum atomic E-state index is -0.747. The van der Waals surface area contributed by atoms with Crippen molar-refractivity contribution in [3.63, 3.8) is 0 Å². The third-order valence-corrected chi connectivity index (χ3v) is 2.89. The Bertz CT molecular complexity index is 363. The van der Waals surface area contributed by atoms with E-state index in [-0.39, 0.29) is 0 Å². The molecule has 0 heterocycles. The summed E-state index contributed by atoms with van der Waals surface area (Å²) < 4.78 is 11.0. The predicted octanol–water partition coefficient (Wildman–Crippen LogP) is 2.69. The van der Waals surface area contributed by atoms with Crippen LogP contribution in [0.1, 0.15) is 11.7 Å². The van der Waals surface area contributed by atoms with Gasteiger partial charge in [0.2, 0.25) is 0 Å². The molecule has 0 amide bonds. The molecule has 0 fully saturated rings. The predicted molar refractivity (Wildman–Crippen MR) is 62.4 cm³/mol. The number of methoxy groups -OCH3 is 2. The lowest BCUT2D eigenvalue weighted by atomic mass is 10.1. The topological polar surface area (TPSA) is 38.7 Å². The summed E-state index contributed by atoms with van der Waals surface area (Å²) in [6.45, 7) is 3.54. The van der Waals surface area contributed by atoms with E-state index in [1.54, 1.807) is 26.4 Å². The summed E-state index contributed by atoms with van der Waals surface area (Å²) in [7, 11) is 3.12.